The van der Waals surface area contributed by atoms with Crippen molar-refractivity contribution in [3.63, 3.8) is 0 Å². The van der Waals surface area contributed by atoms with E-state index in [0.29, 0.717) is 12.1 Å². The molecule has 0 N–H and O–H groups in total. The summed E-state index contributed by atoms with van der Waals surface area (Å²) >= 11 is -0.0555. The molecule has 4 fully saturated rings. The zero-order valence-electron chi connectivity index (χ0n) is 27.3. The molecule has 0 aromatic heterocycles. The van der Waals surface area contributed by atoms with Gasteiger partial charge in [0.15, 0.2) is 0 Å². The predicted octanol–water partition coefficient (Wildman–Crippen LogP) is 6.74. The van der Waals surface area contributed by atoms with E-state index in [-0.39, 0.29) is 48.7 Å². The van der Waals surface area contributed by atoms with Crippen LogP contribution in [-0.4, -0.2) is 63.6 Å². The van der Waals surface area contributed by atoms with Gasteiger partial charge >= 0.3 is 238 Å². The van der Waals surface area contributed by atoms with E-state index < -0.39 is 37.5 Å². The number of nitrogens with zero attached hydrogens (tertiary/aromatic N) is 1. The fourth-order valence-corrected chi connectivity index (χ4v) is 10.0. The molecule has 0 spiro atoms. The Hall–Kier alpha value is -0.841. The fraction of sp³-hybridized carbons (Fsp3) is 0.871. The molecule has 5 nitrogen and oxygen atoms in total. The Bertz CT molecular complexity index is 886. The Morgan fingerprint density at radius 3 is 1.92 bits per heavy atom. The van der Waals surface area contributed by atoms with Crippen LogP contribution >= 0.6 is 0 Å². The Balaban J connectivity index is 1.52. The van der Waals surface area contributed by atoms with Gasteiger partial charge in [0.1, 0.15) is 0 Å². The van der Waals surface area contributed by atoms with Crippen molar-refractivity contribution in [2.45, 2.75) is 138 Å². The van der Waals surface area contributed by atoms with Crippen LogP contribution < -0.4 is 0 Å². The van der Waals surface area contributed by atoms with Gasteiger partial charge in [-0.25, -0.2) is 0 Å². The molecule has 4 rings (SSSR count). The number of hydrogen-bond donors (Lipinski definition) is 0. The molecule has 6 heteroatoms. The van der Waals surface area contributed by atoms with Gasteiger partial charge < -0.3 is 0 Å². The molecule has 4 aliphatic rings. The van der Waals surface area contributed by atoms with Crippen LogP contribution in [0.3, 0.4) is 0 Å². The van der Waals surface area contributed by atoms with E-state index in [4.69, 9.17) is 9.47 Å². The molecule has 3 saturated carbocycles. The van der Waals surface area contributed by atoms with Gasteiger partial charge in [0.25, 0.3) is 0 Å². The van der Waals surface area contributed by atoms with Crippen LogP contribution in [0.1, 0.15) is 116 Å². The number of ether oxygens (including phenoxy) is 2. The maximum atomic E-state index is 12.4. The van der Waals surface area contributed by atoms with Crippen LogP contribution in [0.4, 0.5) is 0 Å². The summed E-state index contributed by atoms with van der Waals surface area (Å²) in [5.41, 5.74) is -0.0774. The quantitative estimate of drug-likeness (QED) is 0.104. The summed E-state index contributed by atoms with van der Waals surface area (Å²) in [6, 6.07) is 0.347. The molecule has 210 valence electrons. The van der Waals surface area contributed by atoms with Gasteiger partial charge in [-0.15, -0.1) is 0 Å². The molecule has 3 aliphatic carbocycles. The number of hydrogen-bond acceptors (Lipinski definition) is 5. The van der Waals surface area contributed by atoms with Crippen LogP contribution in [0.5, 0.6) is 0 Å². The molecule has 0 bridgehead atoms. The summed E-state index contributed by atoms with van der Waals surface area (Å²) in [5.74, 6) is -0.277. The minimum absolute atomic E-state index is 0.00134. The number of rotatable bonds is 8. The monoisotopic (exact) mass is 585 g/mol. The molecule has 0 amide bonds. The van der Waals surface area contributed by atoms with Crippen molar-refractivity contribution in [2.24, 2.45) is 17.8 Å². The number of methoxy groups -OCH3 is 1. The van der Waals surface area contributed by atoms with Crippen molar-refractivity contribution >= 4 is 26.9 Å². The Kier molecular flexibility index (Phi) is 9.07. The Labute approximate surface area is 237 Å². The van der Waals surface area contributed by atoms with Gasteiger partial charge in [0, 0.05) is 0 Å². The van der Waals surface area contributed by atoms with E-state index >= 15 is 0 Å². The van der Waals surface area contributed by atoms with Gasteiger partial charge in [-0.2, -0.15) is 0 Å². The van der Waals surface area contributed by atoms with Gasteiger partial charge in [-0.3, -0.25) is 0 Å². The van der Waals surface area contributed by atoms with E-state index in [0.717, 1.165) is 50.4 Å². The first kappa shape index (κ1) is 24.0. The zero-order chi connectivity index (χ0) is 29.8. The number of esters is 2. The summed E-state index contributed by atoms with van der Waals surface area (Å²) in [6.45, 7) is 6.51. The Morgan fingerprint density at radius 2 is 1.41 bits per heavy atom. The van der Waals surface area contributed by atoms with E-state index in [1.165, 1.54) is 32.8 Å². The third-order valence-electron chi connectivity index (χ3n) is 8.99. The second kappa shape index (κ2) is 14.0. The van der Waals surface area contributed by atoms with Crippen molar-refractivity contribution in [1.29, 1.82) is 0 Å². The van der Waals surface area contributed by atoms with E-state index in [1.807, 2.05) is 0 Å². The van der Waals surface area contributed by atoms with Gasteiger partial charge in [0.05, 0.1) is 0 Å². The van der Waals surface area contributed by atoms with Crippen LogP contribution in [0.15, 0.2) is 11.6 Å². The average molecular weight is 585 g/mol. The molecule has 1 aliphatic heterocycles. The standard InChI is InChI=1S/C31H51NO4Se/c1-5-36-31(34)28(30(33)35-4)20-27-18-19-29(37-27)23-10-16-26(17-11-23)32(24-12-6-21(2)7-13-24)25-14-8-22(3)9-15-25/h20-27,29H,5-19H2,1-4H3/b28-20+/i10D,11D,16D,17D. The third kappa shape index (κ3) is 7.63. The van der Waals surface area contributed by atoms with Gasteiger partial charge in [-0.05, 0) is 0 Å². The van der Waals surface area contributed by atoms with E-state index in [9.17, 15) is 15.1 Å². The summed E-state index contributed by atoms with van der Waals surface area (Å²) < 4.78 is 47.3. The summed E-state index contributed by atoms with van der Waals surface area (Å²) in [4.78, 5) is 27.3. The zero-order valence-corrected chi connectivity index (χ0v) is 25.0. The van der Waals surface area contributed by atoms with Gasteiger partial charge in [0.2, 0.25) is 0 Å². The van der Waals surface area contributed by atoms with Crippen LogP contribution in [0.25, 0.3) is 0 Å². The van der Waals surface area contributed by atoms with Crippen LogP contribution in [0.2, 0.25) is 9.63 Å². The normalized spacial score (nSPS) is 46.9. The second-order valence-electron chi connectivity index (χ2n) is 11.7. The molecular weight excluding hydrogens is 529 g/mol. The van der Waals surface area contributed by atoms with Crippen molar-refractivity contribution < 1.29 is 24.5 Å². The van der Waals surface area contributed by atoms with Crippen molar-refractivity contribution in [1.82, 2.24) is 4.90 Å². The molecule has 6 atom stereocenters. The third-order valence-corrected chi connectivity index (χ3v) is 12.4. The minimum atomic E-state index is -0.712. The average Bonchev–Trinajstić information content (AvgIpc) is 3.42. The number of allylic oxidation sites excluding steroid dienone is 1. The molecule has 0 aromatic carbocycles. The first-order valence-corrected chi connectivity index (χ1v) is 16.6. The van der Waals surface area contributed by atoms with Crippen molar-refractivity contribution in [3.05, 3.63) is 11.6 Å². The maximum absolute atomic E-state index is 12.4. The molecule has 37 heavy (non-hydrogen) atoms. The van der Waals surface area contributed by atoms with Crippen LogP contribution in [-0.2, 0) is 19.1 Å². The summed E-state index contributed by atoms with van der Waals surface area (Å²) in [7, 11) is 1.25. The van der Waals surface area contributed by atoms with Gasteiger partial charge in [-0.1, -0.05) is 0 Å². The number of carbonyl (C=O) groups excluding carboxylic acids is 2. The van der Waals surface area contributed by atoms with E-state index in [2.05, 4.69) is 18.7 Å². The summed E-state index contributed by atoms with van der Waals surface area (Å²) in [5, 5.41) is 0. The topological polar surface area (TPSA) is 55.8 Å². The SMILES string of the molecule is [2H]C1C([2H])C(N(C2CCC(C)CC2)C2CCC(C)CC2)C([2H])C([2H])C1C1CCC(/C=C(\C(=O)OC)C(=O)OCC)[Se]1. The molecule has 0 aromatic rings. The second-order valence-corrected chi connectivity index (χ2v) is 14.8. The first-order valence-electron chi connectivity index (χ1n) is 17.0. The Morgan fingerprint density at radius 1 is 0.838 bits per heavy atom. The molecular formula is C31H51NO4Se. The molecule has 1 heterocycles. The van der Waals surface area contributed by atoms with Crippen LogP contribution in [0, 0.1) is 17.8 Å². The predicted molar refractivity (Wildman–Crippen MR) is 150 cm³/mol. The molecule has 1 saturated heterocycles. The molecule has 0 radical (unpaired) electrons. The summed E-state index contributed by atoms with van der Waals surface area (Å²) in [6.07, 6.45) is 9.50. The molecule has 6 unspecified atom stereocenters. The van der Waals surface area contributed by atoms with Crippen molar-refractivity contribution in [2.75, 3.05) is 13.7 Å². The van der Waals surface area contributed by atoms with E-state index in [1.54, 1.807) is 13.0 Å². The number of carbonyl (C=O) groups is 2. The van der Waals surface area contributed by atoms with Crippen molar-refractivity contribution in [3.8, 4) is 0 Å². The first-order chi connectivity index (χ1) is 19.6. The fourth-order valence-electron chi connectivity index (χ4n) is 6.74.